The van der Waals surface area contributed by atoms with Crippen LogP contribution in [0.25, 0.3) is 0 Å². The van der Waals surface area contributed by atoms with E-state index in [4.69, 9.17) is 12.2 Å². The third-order valence-electron chi connectivity index (χ3n) is 1.80. The van der Waals surface area contributed by atoms with E-state index in [1.54, 1.807) is 12.4 Å². The average molecular weight is 266 g/mol. The zero-order valence-electron chi connectivity index (χ0n) is 8.13. The Balaban J connectivity index is 0.00000112. The third kappa shape index (κ3) is 2.98. The summed E-state index contributed by atoms with van der Waals surface area (Å²) < 4.78 is 0. The van der Waals surface area contributed by atoms with E-state index in [-0.39, 0.29) is 19.5 Å². The summed E-state index contributed by atoms with van der Waals surface area (Å²) in [5, 5.41) is 0. The molecule has 0 aliphatic carbocycles. The van der Waals surface area contributed by atoms with Crippen LogP contribution >= 0.6 is 12.2 Å². The monoisotopic (exact) mass is 264 g/mol. The van der Waals surface area contributed by atoms with Crippen molar-refractivity contribution < 1.29 is 19.5 Å². The minimum atomic E-state index is 0. The van der Waals surface area contributed by atoms with Gasteiger partial charge < -0.3 is 0 Å². The van der Waals surface area contributed by atoms with Crippen LogP contribution in [0.5, 0.6) is 0 Å². The minimum absolute atomic E-state index is 0. The van der Waals surface area contributed by atoms with E-state index in [1.807, 2.05) is 36.4 Å². The van der Waals surface area contributed by atoms with Crippen molar-refractivity contribution in [2.24, 2.45) is 0 Å². The van der Waals surface area contributed by atoms with Crippen molar-refractivity contribution in [3.63, 3.8) is 0 Å². The quantitative estimate of drug-likeness (QED) is 0.473. The van der Waals surface area contributed by atoms with Crippen molar-refractivity contribution in [3.8, 4) is 0 Å². The summed E-state index contributed by atoms with van der Waals surface area (Å²) in [7, 11) is 0. The van der Waals surface area contributed by atoms with Gasteiger partial charge in [-0.05, 0) is 24.3 Å². The number of thiocarbonyl (C=S) groups is 1. The molecule has 2 nitrogen and oxygen atoms in total. The Morgan fingerprint density at radius 1 is 0.867 bits per heavy atom. The molecular formula is C11H8N2SZn. The predicted molar refractivity (Wildman–Crippen MR) is 59.3 cm³/mol. The zero-order valence-corrected chi connectivity index (χ0v) is 11.9. The molecule has 2 aromatic heterocycles. The van der Waals surface area contributed by atoms with Gasteiger partial charge in [-0.15, -0.1) is 0 Å². The second-order valence-electron chi connectivity index (χ2n) is 2.76. The molecule has 0 radical (unpaired) electrons. The van der Waals surface area contributed by atoms with E-state index >= 15 is 0 Å². The summed E-state index contributed by atoms with van der Waals surface area (Å²) in [6.45, 7) is 0. The minimum Gasteiger partial charge on any atom is -0.255 e. The van der Waals surface area contributed by atoms with Crippen molar-refractivity contribution >= 4 is 17.1 Å². The maximum atomic E-state index is 5.26. The molecule has 0 saturated heterocycles. The number of hydrogen-bond acceptors (Lipinski definition) is 3. The van der Waals surface area contributed by atoms with Crippen LogP contribution < -0.4 is 0 Å². The molecule has 4 heteroatoms. The van der Waals surface area contributed by atoms with Gasteiger partial charge >= 0.3 is 0 Å². The van der Waals surface area contributed by atoms with Gasteiger partial charge in [0.2, 0.25) is 0 Å². The summed E-state index contributed by atoms with van der Waals surface area (Å²) in [5.41, 5.74) is 1.59. The maximum Gasteiger partial charge on any atom is 0.0890 e. The Kier molecular flexibility index (Phi) is 4.66. The molecule has 0 aliphatic rings. The second-order valence-corrected chi connectivity index (χ2v) is 3.17. The Morgan fingerprint density at radius 2 is 1.33 bits per heavy atom. The molecule has 2 aromatic rings. The van der Waals surface area contributed by atoms with E-state index in [0.717, 1.165) is 11.4 Å². The zero-order chi connectivity index (χ0) is 9.80. The maximum absolute atomic E-state index is 5.26. The van der Waals surface area contributed by atoms with Crippen LogP contribution in [0.15, 0.2) is 48.8 Å². The topological polar surface area (TPSA) is 25.8 Å². The first-order valence-corrected chi connectivity index (χ1v) is 4.65. The number of aromatic nitrogens is 2. The summed E-state index contributed by atoms with van der Waals surface area (Å²) in [6, 6.07) is 11.3. The van der Waals surface area contributed by atoms with Crippen LogP contribution in [-0.4, -0.2) is 14.8 Å². The Morgan fingerprint density at radius 3 is 1.67 bits per heavy atom. The van der Waals surface area contributed by atoms with Crippen LogP contribution in [-0.2, 0) is 19.5 Å². The van der Waals surface area contributed by atoms with E-state index in [2.05, 4.69) is 9.97 Å². The molecular weight excluding hydrogens is 258 g/mol. The standard InChI is InChI=1S/C11H8N2S.Zn/c14-11(9-5-1-3-7-12-9)10-6-2-4-8-13-10;/h1-8H;. The number of pyridine rings is 2. The Hall–Kier alpha value is -0.987. The van der Waals surface area contributed by atoms with Crippen molar-refractivity contribution in [1.82, 2.24) is 9.97 Å². The van der Waals surface area contributed by atoms with Crippen LogP contribution in [0, 0.1) is 0 Å². The molecule has 0 amide bonds. The Labute approximate surface area is 107 Å². The first kappa shape index (κ1) is 12.1. The summed E-state index contributed by atoms with van der Waals surface area (Å²) in [4.78, 5) is 9.03. The summed E-state index contributed by atoms with van der Waals surface area (Å²) in [5.74, 6) is 0. The predicted octanol–water partition coefficient (Wildman–Crippen LogP) is 2.24. The number of rotatable bonds is 2. The van der Waals surface area contributed by atoms with Crippen LogP contribution in [0.1, 0.15) is 11.4 Å². The molecule has 0 saturated carbocycles. The smallest absolute Gasteiger partial charge is 0.0890 e. The fourth-order valence-corrected chi connectivity index (χ4v) is 1.37. The molecule has 0 aliphatic heterocycles. The largest absolute Gasteiger partial charge is 0.255 e. The third-order valence-corrected chi connectivity index (χ3v) is 2.21. The van der Waals surface area contributed by atoms with E-state index in [1.165, 1.54) is 0 Å². The molecule has 70 valence electrons. The Bertz CT molecular complexity index is 389. The molecule has 2 rings (SSSR count). The normalized spacial score (nSPS) is 9.07. The van der Waals surface area contributed by atoms with Gasteiger partial charge in [-0.3, -0.25) is 9.97 Å². The van der Waals surface area contributed by atoms with Crippen LogP contribution in [0.3, 0.4) is 0 Å². The molecule has 0 aromatic carbocycles. The van der Waals surface area contributed by atoms with E-state index in [0.29, 0.717) is 4.86 Å². The molecule has 0 unspecified atom stereocenters. The first-order valence-electron chi connectivity index (χ1n) is 4.25. The SMILES string of the molecule is S=C(c1ccccn1)c1ccccn1.[Zn]. The van der Waals surface area contributed by atoms with Gasteiger partial charge in [-0.1, -0.05) is 24.4 Å². The van der Waals surface area contributed by atoms with Crippen molar-refractivity contribution in [2.45, 2.75) is 0 Å². The van der Waals surface area contributed by atoms with Gasteiger partial charge in [-0.25, -0.2) is 0 Å². The van der Waals surface area contributed by atoms with Crippen molar-refractivity contribution in [3.05, 3.63) is 60.2 Å². The van der Waals surface area contributed by atoms with Gasteiger partial charge in [-0.2, -0.15) is 0 Å². The number of nitrogens with zero attached hydrogens (tertiary/aromatic N) is 2. The first-order chi connectivity index (χ1) is 6.88. The second kappa shape index (κ2) is 5.79. The van der Waals surface area contributed by atoms with Gasteiger partial charge in [0, 0.05) is 31.9 Å². The van der Waals surface area contributed by atoms with Crippen molar-refractivity contribution in [2.75, 3.05) is 0 Å². The van der Waals surface area contributed by atoms with E-state index in [9.17, 15) is 0 Å². The van der Waals surface area contributed by atoms with Gasteiger partial charge in [0.15, 0.2) is 0 Å². The fraction of sp³-hybridized carbons (Fsp3) is 0. The molecule has 0 atom stereocenters. The molecule has 2 heterocycles. The number of hydrogen-bond donors (Lipinski definition) is 0. The molecule has 15 heavy (non-hydrogen) atoms. The molecule has 0 spiro atoms. The average Bonchev–Trinajstić information content (AvgIpc) is 2.30. The van der Waals surface area contributed by atoms with Crippen LogP contribution in [0.2, 0.25) is 0 Å². The van der Waals surface area contributed by atoms with Gasteiger partial charge in [0.05, 0.1) is 16.3 Å². The van der Waals surface area contributed by atoms with Crippen molar-refractivity contribution in [1.29, 1.82) is 0 Å². The van der Waals surface area contributed by atoms with Gasteiger partial charge in [0.25, 0.3) is 0 Å². The fourth-order valence-electron chi connectivity index (χ4n) is 1.13. The molecule has 0 fully saturated rings. The summed E-state index contributed by atoms with van der Waals surface area (Å²) >= 11 is 5.26. The molecule has 0 bridgehead atoms. The van der Waals surface area contributed by atoms with Crippen LogP contribution in [0.4, 0.5) is 0 Å². The van der Waals surface area contributed by atoms with Gasteiger partial charge in [0.1, 0.15) is 0 Å². The van der Waals surface area contributed by atoms with E-state index < -0.39 is 0 Å². The summed E-state index contributed by atoms with van der Waals surface area (Å²) in [6.07, 6.45) is 3.45. The molecule has 0 N–H and O–H groups in total.